The van der Waals surface area contributed by atoms with Crippen LogP contribution in [0.15, 0.2) is 76.2 Å². The predicted octanol–water partition coefficient (Wildman–Crippen LogP) is 5.53. The summed E-state index contributed by atoms with van der Waals surface area (Å²) in [5.74, 6) is 2.11. The fraction of sp³-hybridized carbons (Fsp3) is 0.120. The van der Waals surface area contributed by atoms with Crippen LogP contribution in [0.4, 0.5) is 5.95 Å². The van der Waals surface area contributed by atoms with E-state index in [1.165, 1.54) is 11.1 Å². The Morgan fingerprint density at radius 1 is 0.968 bits per heavy atom. The van der Waals surface area contributed by atoms with Crippen molar-refractivity contribution in [3.05, 3.63) is 83.2 Å². The Balaban J connectivity index is 1.64. The molecule has 5 rings (SSSR count). The van der Waals surface area contributed by atoms with E-state index in [1.807, 2.05) is 54.6 Å². The number of methoxy groups -OCH3 is 1. The maximum Gasteiger partial charge on any atom is 0.222 e. The number of nitrogens with one attached hydrogen (secondary N) is 2. The van der Waals surface area contributed by atoms with Crippen LogP contribution in [0.25, 0.3) is 33.3 Å². The van der Waals surface area contributed by atoms with E-state index < -0.39 is 0 Å². The Kier molecular flexibility index (Phi) is 4.67. The largest absolute Gasteiger partial charge is 0.497 e. The number of fused-ring (bicyclic) bond motifs is 2. The van der Waals surface area contributed by atoms with E-state index in [0.717, 1.165) is 44.4 Å². The fourth-order valence-electron chi connectivity index (χ4n) is 3.53. The molecule has 0 saturated heterocycles. The second-order valence-electron chi connectivity index (χ2n) is 7.48. The maximum absolute atomic E-state index is 6.25. The lowest BCUT2D eigenvalue weighted by Crippen LogP contribution is -2.08. The fourth-order valence-corrected chi connectivity index (χ4v) is 3.53. The topological polar surface area (TPSA) is 75.4 Å². The number of aryl methyl sites for hydroxylation is 2. The second kappa shape index (κ2) is 7.65. The van der Waals surface area contributed by atoms with Crippen molar-refractivity contribution < 1.29 is 9.15 Å². The molecule has 6 nitrogen and oxygen atoms in total. The van der Waals surface area contributed by atoms with E-state index in [9.17, 15) is 0 Å². The van der Waals surface area contributed by atoms with Gasteiger partial charge in [0.2, 0.25) is 5.95 Å². The Morgan fingerprint density at radius 3 is 2.52 bits per heavy atom. The van der Waals surface area contributed by atoms with Crippen LogP contribution in [0, 0.1) is 13.8 Å². The highest BCUT2D eigenvalue weighted by molar-refractivity contribution is 5.80. The summed E-state index contributed by atoms with van der Waals surface area (Å²) in [6.07, 6.45) is 0. The van der Waals surface area contributed by atoms with Gasteiger partial charge in [-0.2, -0.15) is 5.10 Å². The third-order valence-corrected chi connectivity index (χ3v) is 5.41. The molecule has 2 N–H and O–H groups in total. The molecule has 0 radical (unpaired) electrons. The molecule has 3 aromatic carbocycles. The first kappa shape index (κ1) is 18.9. The molecule has 0 aliphatic carbocycles. The van der Waals surface area contributed by atoms with Crippen molar-refractivity contribution >= 4 is 28.0 Å². The smallest absolute Gasteiger partial charge is 0.222 e. The first-order valence-corrected chi connectivity index (χ1v) is 10.0. The molecular weight excluding hydrogens is 388 g/mol. The summed E-state index contributed by atoms with van der Waals surface area (Å²) < 4.78 is 11.5. The van der Waals surface area contributed by atoms with E-state index in [0.29, 0.717) is 5.95 Å². The van der Waals surface area contributed by atoms with Crippen LogP contribution in [-0.2, 0) is 0 Å². The van der Waals surface area contributed by atoms with Gasteiger partial charge in [0, 0.05) is 17.0 Å². The lowest BCUT2D eigenvalue weighted by molar-refractivity contribution is 0.415. The van der Waals surface area contributed by atoms with Crippen molar-refractivity contribution in [2.45, 2.75) is 13.8 Å². The average Bonchev–Trinajstić information content (AvgIpc) is 3.21. The molecule has 0 aliphatic rings. The molecule has 0 atom stereocenters. The molecule has 0 saturated carbocycles. The summed E-state index contributed by atoms with van der Waals surface area (Å²) in [6, 6.07) is 21.7. The summed E-state index contributed by atoms with van der Waals surface area (Å²) in [5, 5.41) is 6.37. The highest BCUT2D eigenvalue weighted by Crippen LogP contribution is 2.26. The van der Waals surface area contributed by atoms with Gasteiger partial charge in [-0.25, -0.2) is 10.4 Å². The Bertz CT molecular complexity index is 1430. The lowest BCUT2D eigenvalue weighted by atomic mass is 10.1. The van der Waals surface area contributed by atoms with Crippen LogP contribution < -0.4 is 15.5 Å². The Hall–Kier alpha value is -4.06. The molecular formula is C25H22N4O2. The van der Waals surface area contributed by atoms with Gasteiger partial charge in [-0.1, -0.05) is 12.1 Å². The number of hydrogen-bond acceptors (Lipinski definition) is 5. The van der Waals surface area contributed by atoms with Gasteiger partial charge >= 0.3 is 0 Å². The summed E-state index contributed by atoms with van der Waals surface area (Å²) in [6.45, 7) is 4.16. The number of rotatable bonds is 4. The maximum atomic E-state index is 6.25. The van der Waals surface area contributed by atoms with Crippen LogP contribution in [0.1, 0.15) is 11.1 Å². The number of ether oxygens (including phenoxy) is 1. The van der Waals surface area contributed by atoms with E-state index in [-0.39, 0.29) is 0 Å². The van der Waals surface area contributed by atoms with Crippen LogP contribution in [0.5, 0.6) is 5.75 Å². The minimum atomic E-state index is 0.588. The molecule has 5 aromatic rings. The van der Waals surface area contributed by atoms with Crippen LogP contribution in [0.3, 0.4) is 0 Å². The Morgan fingerprint density at radius 2 is 1.74 bits per heavy atom. The van der Waals surface area contributed by atoms with Gasteiger partial charge in [0.15, 0.2) is 0 Å². The first-order chi connectivity index (χ1) is 15.1. The minimum absolute atomic E-state index is 0.588. The molecule has 0 fully saturated rings. The van der Waals surface area contributed by atoms with E-state index in [2.05, 4.69) is 46.5 Å². The highest BCUT2D eigenvalue weighted by atomic mass is 16.5. The number of hydrogen-bond donors (Lipinski definition) is 2. The highest BCUT2D eigenvalue weighted by Gasteiger charge is 2.09. The van der Waals surface area contributed by atoms with Crippen molar-refractivity contribution in [1.29, 1.82) is 0 Å². The summed E-state index contributed by atoms with van der Waals surface area (Å²) in [5.41, 5.74) is 8.99. The van der Waals surface area contributed by atoms with Gasteiger partial charge in [0.05, 0.1) is 23.5 Å². The van der Waals surface area contributed by atoms with E-state index >= 15 is 0 Å². The Labute approximate surface area is 179 Å². The van der Waals surface area contributed by atoms with E-state index in [4.69, 9.17) is 9.15 Å². The van der Waals surface area contributed by atoms with E-state index in [1.54, 1.807) is 7.11 Å². The number of aromatic nitrogens is 2. The number of anilines is 1. The molecule has 6 heteroatoms. The first-order valence-electron chi connectivity index (χ1n) is 10.0. The number of aromatic amines is 1. The number of para-hydroxylation sites is 2. The number of benzene rings is 3. The van der Waals surface area contributed by atoms with Crippen LogP contribution in [-0.4, -0.2) is 17.1 Å². The van der Waals surface area contributed by atoms with Gasteiger partial charge in [-0.05, 0) is 73.5 Å². The van der Waals surface area contributed by atoms with Crippen molar-refractivity contribution in [3.8, 4) is 17.1 Å². The SMILES string of the molecule is COc1ccc(-c2cc(=NNc3nc4ccccc4[nH]3)c3cc(C)c(C)cc3o2)cc1. The molecule has 2 heterocycles. The van der Waals surface area contributed by atoms with Crippen molar-refractivity contribution in [3.63, 3.8) is 0 Å². The molecule has 0 amide bonds. The summed E-state index contributed by atoms with van der Waals surface area (Å²) >= 11 is 0. The molecule has 154 valence electrons. The van der Waals surface area contributed by atoms with Gasteiger partial charge in [0.25, 0.3) is 0 Å². The van der Waals surface area contributed by atoms with Crippen molar-refractivity contribution in [2.24, 2.45) is 5.10 Å². The minimum Gasteiger partial charge on any atom is -0.497 e. The van der Waals surface area contributed by atoms with Gasteiger partial charge in [0.1, 0.15) is 17.1 Å². The average molecular weight is 410 g/mol. The monoisotopic (exact) mass is 410 g/mol. The third-order valence-electron chi connectivity index (χ3n) is 5.41. The van der Waals surface area contributed by atoms with Crippen molar-refractivity contribution in [2.75, 3.05) is 12.5 Å². The number of nitrogens with zero attached hydrogens (tertiary/aromatic N) is 2. The zero-order valence-electron chi connectivity index (χ0n) is 17.6. The molecule has 0 bridgehead atoms. The van der Waals surface area contributed by atoms with Crippen molar-refractivity contribution in [1.82, 2.24) is 9.97 Å². The van der Waals surface area contributed by atoms with Gasteiger partial charge in [-0.15, -0.1) is 0 Å². The third kappa shape index (κ3) is 3.64. The molecule has 2 aromatic heterocycles. The quantitative estimate of drug-likeness (QED) is 0.382. The standard InChI is InChI=1S/C25H22N4O2/c1-15-12-19-22(28-29-25-26-20-6-4-5-7-21(20)27-25)14-23(31-24(19)13-16(15)2)17-8-10-18(30-3)11-9-17/h4-14H,1-3H3,(H2,26,27,29). The second-order valence-corrected chi connectivity index (χ2v) is 7.48. The molecule has 0 aliphatic heterocycles. The van der Waals surface area contributed by atoms with Gasteiger partial charge < -0.3 is 14.1 Å². The molecule has 31 heavy (non-hydrogen) atoms. The zero-order chi connectivity index (χ0) is 21.4. The zero-order valence-corrected chi connectivity index (χ0v) is 17.6. The van der Waals surface area contributed by atoms with Gasteiger partial charge in [-0.3, -0.25) is 0 Å². The summed E-state index contributed by atoms with van der Waals surface area (Å²) in [7, 11) is 1.65. The molecule has 0 unspecified atom stereocenters. The van der Waals surface area contributed by atoms with Crippen LogP contribution >= 0.6 is 0 Å². The lowest BCUT2D eigenvalue weighted by Gasteiger charge is -2.08. The number of H-pyrrole nitrogens is 1. The number of imidazole rings is 1. The van der Waals surface area contributed by atoms with Crippen LogP contribution in [0.2, 0.25) is 0 Å². The summed E-state index contributed by atoms with van der Waals surface area (Å²) in [4.78, 5) is 7.78. The normalized spacial score (nSPS) is 11.9. The predicted molar refractivity (Wildman–Crippen MR) is 123 cm³/mol. The molecule has 0 spiro atoms.